The molecule has 0 saturated heterocycles. The average Bonchev–Trinajstić information content (AvgIpc) is 3.10. The lowest BCUT2D eigenvalue weighted by atomic mass is 9.96. The second-order valence-electron chi connectivity index (χ2n) is 5.18. The van der Waals surface area contributed by atoms with Crippen LogP contribution in [0.4, 0.5) is 4.79 Å². The van der Waals surface area contributed by atoms with Crippen molar-refractivity contribution in [3.63, 3.8) is 0 Å². The molecular weight excluding hydrogens is 252 g/mol. The quantitative estimate of drug-likeness (QED) is 0.658. The van der Waals surface area contributed by atoms with Gasteiger partial charge in [-0.15, -0.1) is 0 Å². The molecule has 0 aromatic rings. The predicted octanol–water partition coefficient (Wildman–Crippen LogP) is 1.54. The average molecular weight is 274 g/mol. The molecule has 0 heterocycles. The van der Waals surface area contributed by atoms with Crippen molar-refractivity contribution in [2.45, 2.75) is 32.2 Å². The second kappa shape index (κ2) is 6.31. The fourth-order valence-electron chi connectivity index (χ4n) is 1.88. The van der Waals surface area contributed by atoms with Gasteiger partial charge in [0, 0.05) is 6.54 Å². The first-order valence-corrected chi connectivity index (χ1v) is 7.58. The molecule has 2 amide bonds. The minimum Gasteiger partial charge on any atom is -0.480 e. The molecular formula is C12H22N2O3S. The van der Waals surface area contributed by atoms with Gasteiger partial charge in [-0.25, -0.2) is 9.59 Å². The smallest absolute Gasteiger partial charge is 0.329 e. The third-order valence-electron chi connectivity index (χ3n) is 3.27. The number of hydrogen-bond donors (Lipinski definition) is 3. The highest BCUT2D eigenvalue weighted by Gasteiger charge is 2.48. The highest BCUT2D eigenvalue weighted by atomic mass is 32.2. The Balaban J connectivity index is 2.40. The first-order chi connectivity index (χ1) is 8.40. The number of thioether (sulfide) groups is 1. The molecule has 0 spiro atoms. The van der Waals surface area contributed by atoms with E-state index in [1.807, 2.05) is 13.2 Å². The lowest BCUT2D eigenvalue weighted by Gasteiger charge is -2.26. The summed E-state index contributed by atoms with van der Waals surface area (Å²) in [6.45, 7) is 4.19. The van der Waals surface area contributed by atoms with E-state index < -0.39 is 11.5 Å². The van der Waals surface area contributed by atoms with Gasteiger partial charge < -0.3 is 15.7 Å². The van der Waals surface area contributed by atoms with Crippen molar-refractivity contribution in [3.05, 3.63) is 0 Å². The highest BCUT2D eigenvalue weighted by molar-refractivity contribution is 7.98. The number of carbonyl (C=O) groups excluding carboxylic acids is 1. The molecule has 0 bridgehead atoms. The first kappa shape index (κ1) is 15.1. The van der Waals surface area contributed by atoms with E-state index >= 15 is 0 Å². The van der Waals surface area contributed by atoms with Gasteiger partial charge in [-0.3, -0.25) is 0 Å². The van der Waals surface area contributed by atoms with Crippen LogP contribution in [0.3, 0.4) is 0 Å². The van der Waals surface area contributed by atoms with Gasteiger partial charge in [-0.1, -0.05) is 6.92 Å². The number of rotatable bonds is 7. The van der Waals surface area contributed by atoms with E-state index in [0.717, 1.165) is 18.6 Å². The van der Waals surface area contributed by atoms with Crippen LogP contribution in [-0.4, -0.2) is 41.2 Å². The normalized spacial score (nSPS) is 19.7. The Morgan fingerprint density at radius 3 is 2.56 bits per heavy atom. The van der Waals surface area contributed by atoms with Gasteiger partial charge in [0.05, 0.1) is 0 Å². The van der Waals surface area contributed by atoms with Crippen LogP contribution < -0.4 is 10.6 Å². The molecule has 0 radical (unpaired) electrons. The molecule has 2 unspecified atom stereocenters. The number of carbonyl (C=O) groups is 2. The molecule has 3 N–H and O–H groups in total. The Morgan fingerprint density at radius 2 is 2.11 bits per heavy atom. The minimum absolute atomic E-state index is 0.0596. The third kappa shape index (κ3) is 4.08. The van der Waals surface area contributed by atoms with E-state index in [4.69, 9.17) is 0 Å². The summed E-state index contributed by atoms with van der Waals surface area (Å²) in [6.07, 6.45) is 3.75. The largest absolute Gasteiger partial charge is 0.480 e. The van der Waals surface area contributed by atoms with E-state index in [2.05, 4.69) is 10.6 Å². The maximum atomic E-state index is 11.7. The van der Waals surface area contributed by atoms with Gasteiger partial charge in [0.15, 0.2) is 0 Å². The lowest BCUT2D eigenvalue weighted by Crippen LogP contribution is -2.57. The molecule has 1 saturated carbocycles. The number of urea groups is 1. The fraction of sp³-hybridized carbons (Fsp3) is 0.833. The van der Waals surface area contributed by atoms with Gasteiger partial charge >= 0.3 is 12.0 Å². The molecule has 2 atom stereocenters. The number of aliphatic carboxylic acids is 1. The number of nitrogens with one attached hydrogen (secondary N) is 2. The monoisotopic (exact) mass is 274 g/mol. The Labute approximate surface area is 112 Å². The van der Waals surface area contributed by atoms with Crippen LogP contribution >= 0.6 is 11.8 Å². The summed E-state index contributed by atoms with van der Waals surface area (Å²) in [5.74, 6) is 0.448. The molecule has 6 heteroatoms. The minimum atomic E-state index is -1.13. The summed E-state index contributed by atoms with van der Waals surface area (Å²) >= 11 is 1.73. The number of carboxylic acid groups (broad SMARTS) is 1. The Bertz CT molecular complexity index is 320. The van der Waals surface area contributed by atoms with Gasteiger partial charge in [0.1, 0.15) is 5.54 Å². The third-order valence-corrected chi connectivity index (χ3v) is 4.18. The molecule has 1 aliphatic rings. The van der Waals surface area contributed by atoms with E-state index in [-0.39, 0.29) is 11.9 Å². The molecule has 5 nitrogen and oxygen atoms in total. The summed E-state index contributed by atoms with van der Waals surface area (Å²) in [7, 11) is 0. The van der Waals surface area contributed by atoms with Crippen molar-refractivity contribution in [1.29, 1.82) is 0 Å². The maximum absolute atomic E-state index is 11.7. The SMILES string of the molecule is CSCC(C)CNC(=O)NC(C)(C(=O)O)C1CC1. The molecule has 104 valence electrons. The van der Waals surface area contributed by atoms with Crippen molar-refractivity contribution in [3.8, 4) is 0 Å². The van der Waals surface area contributed by atoms with E-state index in [0.29, 0.717) is 12.5 Å². The molecule has 1 rings (SSSR count). The topological polar surface area (TPSA) is 78.4 Å². The van der Waals surface area contributed by atoms with Crippen LogP contribution in [0, 0.1) is 11.8 Å². The molecule has 0 aliphatic heterocycles. The lowest BCUT2D eigenvalue weighted by molar-refractivity contribution is -0.144. The van der Waals surface area contributed by atoms with E-state index in [9.17, 15) is 14.7 Å². The Kier molecular flexibility index (Phi) is 5.31. The molecule has 18 heavy (non-hydrogen) atoms. The standard InChI is InChI=1S/C12H22N2O3S/c1-8(7-18-3)6-13-11(17)14-12(2,10(15)16)9-4-5-9/h8-9H,4-7H2,1-3H3,(H,15,16)(H2,13,14,17). The number of carboxylic acids is 1. The van der Waals surface area contributed by atoms with E-state index in [1.54, 1.807) is 18.7 Å². The zero-order valence-corrected chi connectivity index (χ0v) is 12.0. The number of amides is 2. The van der Waals surface area contributed by atoms with Gasteiger partial charge in [-0.2, -0.15) is 11.8 Å². The summed E-state index contributed by atoms with van der Waals surface area (Å²) in [5.41, 5.74) is -1.13. The van der Waals surface area contributed by atoms with Crippen molar-refractivity contribution in [1.82, 2.24) is 10.6 Å². The Hall–Kier alpha value is -0.910. The van der Waals surface area contributed by atoms with Gasteiger partial charge in [-0.05, 0) is 43.6 Å². The summed E-state index contributed by atoms with van der Waals surface area (Å²) < 4.78 is 0. The fourth-order valence-corrected chi connectivity index (χ4v) is 2.57. The summed E-state index contributed by atoms with van der Waals surface area (Å²) in [6, 6.07) is -0.389. The second-order valence-corrected chi connectivity index (χ2v) is 6.09. The molecule has 1 fully saturated rings. The van der Waals surface area contributed by atoms with Crippen molar-refractivity contribution in [2.75, 3.05) is 18.6 Å². The van der Waals surface area contributed by atoms with Crippen LogP contribution in [0.1, 0.15) is 26.7 Å². The zero-order valence-electron chi connectivity index (χ0n) is 11.2. The first-order valence-electron chi connectivity index (χ1n) is 6.18. The Morgan fingerprint density at radius 1 is 1.50 bits per heavy atom. The zero-order chi connectivity index (χ0) is 13.8. The molecule has 0 aromatic carbocycles. The maximum Gasteiger partial charge on any atom is 0.329 e. The van der Waals surface area contributed by atoms with E-state index in [1.165, 1.54) is 0 Å². The van der Waals surface area contributed by atoms with Gasteiger partial charge in [0.25, 0.3) is 0 Å². The van der Waals surface area contributed by atoms with Crippen molar-refractivity contribution < 1.29 is 14.7 Å². The van der Waals surface area contributed by atoms with Crippen LogP contribution in [0.25, 0.3) is 0 Å². The van der Waals surface area contributed by atoms with Crippen molar-refractivity contribution >= 4 is 23.8 Å². The van der Waals surface area contributed by atoms with Crippen LogP contribution in [0.15, 0.2) is 0 Å². The molecule has 1 aliphatic carbocycles. The predicted molar refractivity (Wildman–Crippen MR) is 72.8 cm³/mol. The van der Waals surface area contributed by atoms with Crippen LogP contribution in [-0.2, 0) is 4.79 Å². The highest BCUT2D eigenvalue weighted by Crippen LogP contribution is 2.39. The van der Waals surface area contributed by atoms with Crippen LogP contribution in [0.2, 0.25) is 0 Å². The van der Waals surface area contributed by atoms with Crippen molar-refractivity contribution in [2.24, 2.45) is 11.8 Å². The number of hydrogen-bond acceptors (Lipinski definition) is 3. The molecule has 0 aromatic heterocycles. The van der Waals surface area contributed by atoms with Gasteiger partial charge in [0.2, 0.25) is 0 Å². The summed E-state index contributed by atoms with van der Waals surface area (Å²) in [5, 5.41) is 14.5. The van der Waals surface area contributed by atoms with Crippen LogP contribution in [0.5, 0.6) is 0 Å². The summed E-state index contributed by atoms with van der Waals surface area (Å²) in [4.78, 5) is 22.9.